The van der Waals surface area contributed by atoms with E-state index in [1.54, 1.807) is 0 Å². The molecule has 0 atom stereocenters. The average Bonchev–Trinajstić information content (AvgIpc) is 2.79. The Bertz CT molecular complexity index is 781. The summed E-state index contributed by atoms with van der Waals surface area (Å²) in [5, 5.41) is 2.80. The summed E-state index contributed by atoms with van der Waals surface area (Å²) in [6, 6.07) is 18.6. The predicted octanol–water partition coefficient (Wildman–Crippen LogP) is 7.97. The number of rotatable bonds is 8. The largest absolute Gasteiger partial charge is 0.0654 e. The maximum atomic E-state index is 2.43. The van der Waals surface area contributed by atoms with Crippen LogP contribution in [0.2, 0.25) is 0 Å². The molecule has 0 bridgehead atoms. The van der Waals surface area contributed by atoms with E-state index >= 15 is 0 Å². The molecular formula is C25H32. The van der Waals surface area contributed by atoms with E-state index in [9.17, 15) is 0 Å². The van der Waals surface area contributed by atoms with Crippen LogP contribution in [-0.2, 0) is 6.42 Å². The van der Waals surface area contributed by atoms with Gasteiger partial charge in [-0.3, -0.25) is 0 Å². The van der Waals surface area contributed by atoms with Crippen LogP contribution in [0.15, 0.2) is 48.5 Å². The molecule has 0 unspecified atom stereocenters. The fraction of sp³-hybridized carbons (Fsp3) is 0.440. The third-order valence-electron chi connectivity index (χ3n) is 5.39. The van der Waals surface area contributed by atoms with Gasteiger partial charge in [0.25, 0.3) is 0 Å². The molecule has 0 nitrogen and oxygen atoms in total. The van der Waals surface area contributed by atoms with E-state index in [-0.39, 0.29) is 0 Å². The van der Waals surface area contributed by atoms with Crippen LogP contribution in [0.1, 0.15) is 76.3 Å². The van der Waals surface area contributed by atoms with E-state index in [1.807, 2.05) is 0 Å². The highest BCUT2D eigenvalue weighted by molar-refractivity contribution is 6.02. The first-order chi connectivity index (χ1) is 12.2. The minimum absolute atomic E-state index is 0.567. The standard InChI is InChI=1S/C25H32/c1-4-5-6-7-8-9-11-20-14-15-22-18-23-17-21(19(2)3)12-10-13-24(23)25(22)16-20/h10,12-19H,4-9,11H2,1-3H3. The molecule has 3 rings (SSSR count). The van der Waals surface area contributed by atoms with Gasteiger partial charge in [-0.25, -0.2) is 0 Å². The van der Waals surface area contributed by atoms with Crippen molar-refractivity contribution in [3.05, 3.63) is 59.7 Å². The van der Waals surface area contributed by atoms with Crippen molar-refractivity contribution < 1.29 is 0 Å². The van der Waals surface area contributed by atoms with E-state index < -0.39 is 0 Å². The van der Waals surface area contributed by atoms with Crippen molar-refractivity contribution in [3.63, 3.8) is 0 Å². The Kier molecular flexibility index (Phi) is 6.13. The summed E-state index contributed by atoms with van der Waals surface area (Å²) in [6.07, 6.45) is 9.41. The van der Waals surface area contributed by atoms with Crippen molar-refractivity contribution in [1.82, 2.24) is 0 Å². The Balaban J connectivity index is 1.76. The van der Waals surface area contributed by atoms with Crippen LogP contribution in [0, 0.1) is 0 Å². The molecule has 0 amide bonds. The summed E-state index contributed by atoms with van der Waals surface area (Å²) < 4.78 is 0. The molecule has 2 aliphatic carbocycles. The fourth-order valence-corrected chi connectivity index (χ4v) is 3.78. The van der Waals surface area contributed by atoms with Crippen LogP contribution in [0.4, 0.5) is 0 Å². The summed E-state index contributed by atoms with van der Waals surface area (Å²) in [4.78, 5) is 0. The van der Waals surface area contributed by atoms with Crippen molar-refractivity contribution in [3.8, 4) is 11.1 Å². The van der Waals surface area contributed by atoms with Crippen LogP contribution in [0.5, 0.6) is 0 Å². The highest BCUT2D eigenvalue weighted by Gasteiger charge is 2.10. The summed E-state index contributed by atoms with van der Waals surface area (Å²) in [5.74, 6) is 0.567. The van der Waals surface area contributed by atoms with E-state index in [2.05, 4.69) is 69.3 Å². The Labute approximate surface area is 153 Å². The minimum Gasteiger partial charge on any atom is -0.0654 e. The predicted molar refractivity (Wildman–Crippen MR) is 112 cm³/mol. The van der Waals surface area contributed by atoms with Gasteiger partial charge in [0.05, 0.1) is 0 Å². The third-order valence-corrected chi connectivity index (χ3v) is 5.39. The topological polar surface area (TPSA) is 0 Å². The third kappa shape index (κ3) is 4.42. The summed E-state index contributed by atoms with van der Waals surface area (Å²) >= 11 is 0. The van der Waals surface area contributed by atoms with Gasteiger partial charge >= 0.3 is 0 Å². The van der Waals surface area contributed by atoms with Gasteiger partial charge in [-0.1, -0.05) is 95.3 Å². The SMILES string of the molecule is CCCCCCCCc1ccc2cc3cc(C(C)C)cccc-3c2c1. The number of hydrogen-bond acceptors (Lipinski definition) is 0. The highest BCUT2D eigenvalue weighted by atomic mass is 14.1. The van der Waals surface area contributed by atoms with Gasteiger partial charge in [0.15, 0.2) is 0 Å². The zero-order valence-corrected chi connectivity index (χ0v) is 16.1. The summed E-state index contributed by atoms with van der Waals surface area (Å²) in [7, 11) is 0. The zero-order chi connectivity index (χ0) is 17.6. The molecule has 0 saturated carbocycles. The van der Waals surface area contributed by atoms with Gasteiger partial charge in [0, 0.05) is 0 Å². The lowest BCUT2D eigenvalue weighted by atomic mass is 10.0. The van der Waals surface area contributed by atoms with Crippen molar-refractivity contribution in [2.45, 2.75) is 71.6 Å². The fourth-order valence-electron chi connectivity index (χ4n) is 3.78. The Morgan fingerprint density at radius 3 is 2.40 bits per heavy atom. The molecule has 0 aliphatic heterocycles. The summed E-state index contributed by atoms with van der Waals surface area (Å²) in [6.45, 7) is 6.81. The first kappa shape index (κ1) is 18.0. The maximum absolute atomic E-state index is 2.43. The van der Waals surface area contributed by atoms with Crippen molar-refractivity contribution >= 4 is 10.8 Å². The molecule has 0 aromatic heterocycles. The second-order valence-corrected chi connectivity index (χ2v) is 7.78. The first-order valence-corrected chi connectivity index (χ1v) is 10.1. The molecule has 0 heteroatoms. The van der Waals surface area contributed by atoms with Crippen molar-refractivity contribution in [2.75, 3.05) is 0 Å². The lowest BCUT2D eigenvalue weighted by Crippen LogP contribution is -1.86. The van der Waals surface area contributed by atoms with E-state index in [4.69, 9.17) is 0 Å². The zero-order valence-electron chi connectivity index (χ0n) is 16.1. The molecule has 0 N–H and O–H groups in total. The molecule has 132 valence electrons. The van der Waals surface area contributed by atoms with E-state index in [0.717, 1.165) is 0 Å². The number of benzene rings is 1. The molecular weight excluding hydrogens is 300 g/mol. The first-order valence-electron chi connectivity index (χ1n) is 10.1. The second kappa shape index (κ2) is 8.52. The highest BCUT2D eigenvalue weighted by Crippen LogP contribution is 2.35. The van der Waals surface area contributed by atoms with Crippen LogP contribution in [0.3, 0.4) is 0 Å². The smallest absolute Gasteiger partial charge is 0.0102 e. The van der Waals surface area contributed by atoms with Crippen LogP contribution in [0.25, 0.3) is 21.9 Å². The van der Waals surface area contributed by atoms with Crippen LogP contribution in [-0.4, -0.2) is 0 Å². The molecule has 0 saturated heterocycles. The van der Waals surface area contributed by atoms with Gasteiger partial charge in [-0.05, 0) is 57.9 Å². The Hall–Kier alpha value is -1.82. The molecule has 0 fully saturated rings. The molecule has 1 aromatic rings. The monoisotopic (exact) mass is 332 g/mol. The van der Waals surface area contributed by atoms with Gasteiger partial charge < -0.3 is 0 Å². The number of aryl methyl sites for hydroxylation is 1. The normalized spacial score (nSPS) is 11.7. The van der Waals surface area contributed by atoms with Gasteiger partial charge in [-0.15, -0.1) is 0 Å². The van der Waals surface area contributed by atoms with Gasteiger partial charge in [0.1, 0.15) is 0 Å². The summed E-state index contributed by atoms with van der Waals surface area (Å²) in [5.41, 5.74) is 5.68. The van der Waals surface area contributed by atoms with Crippen LogP contribution < -0.4 is 0 Å². The van der Waals surface area contributed by atoms with Crippen molar-refractivity contribution in [2.24, 2.45) is 0 Å². The lowest BCUT2D eigenvalue weighted by Gasteiger charge is -2.03. The molecule has 2 aliphatic rings. The minimum atomic E-state index is 0.567. The number of hydrogen-bond donors (Lipinski definition) is 0. The molecule has 0 spiro atoms. The maximum Gasteiger partial charge on any atom is -0.0102 e. The quantitative estimate of drug-likeness (QED) is 0.367. The number of unbranched alkanes of at least 4 members (excludes halogenated alkanes) is 5. The molecule has 0 radical (unpaired) electrons. The second-order valence-electron chi connectivity index (χ2n) is 7.78. The lowest BCUT2D eigenvalue weighted by molar-refractivity contribution is 0.607. The van der Waals surface area contributed by atoms with E-state index in [0.29, 0.717) is 5.92 Å². The Morgan fingerprint density at radius 2 is 1.60 bits per heavy atom. The number of fused-ring (bicyclic) bond motifs is 3. The van der Waals surface area contributed by atoms with Crippen LogP contribution >= 0.6 is 0 Å². The van der Waals surface area contributed by atoms with E-state index in [1.165, 1.54) is 78.0 Å². The molecule has 1 aromatic carbocycles. The Morgan fingerprint density at radius 1 is 0.800 bits per heavy atom. The average molecular weight is 333 g/mol. The molecule has 0 heterocycles. The molecule has 25 heavy (non-hydrogen) atoms. The van der Waals surface area contributed by atoms with Gasteiger partial charge in [0.2, 0.25) is 0 Å². The van der Waals surface area contributed by atoms with Crippen molar-refractivity contribution in [1.29, 1.82) is 0 Å². The van der Waals surface area contributed by atoms with Gasteiger partial charge in [-0.2, -0.15) is 0 Å².